The SMILES string of the molecule is CCNC(COCCC(C)(C)OC)c1cccc(C)c1. The third-order valence-corrected chi connectivity index (χ3v) is 3.58. The molecule has 0 radical (unpaired) electrons. The van der Waals surface area contributed by atoms with Crippen molar-refractivity contribution in [2.24, 2.45) is 0 Å². The summed E-state index contributed by atoms with van der Waals surface area (Å²) in [5.74, 6) is 0. The van der Waals surface area contributed by atoms with Crippen LogP contribution in [0.1, 0.15) is 44.4 Å². The smallest absolute Gasteiger partial charge is 0.0661 e. The molecule has 1 atom stereocenters. The molecule has 3 nitrogen and oxygen atoms in total. The first kappa shape index (κ1) is 17.2. The number of likely N-dealkylation sites (N-methyl/N-ethyl adjacent to an activating group) is 1. The number of nitrogens with one attached hydrogen (secondary N) is 1. The van der Waals surface area contributed by atoms with Gasteiger partial charge in [-0.05, 0) is 39.3 Å². The van der Waals surface area contributed by atoms with E-state index in [1.807, 2.05) is 0 Å². The minimum Gasteiger partial charge on any atom is -0.379 e. The molecule has 0 aliphatic heterocycles. The maximum absolute atomic E-state index is 5.84. The first-order valence-electron chi connectivity index (χ1n) is 7.41. The summed E-state index contributed by atoms with van der Waals surface area (Å²) < 4.78 is 11.2. The predicted molar refractivity (Wildman–Crippen MR) is 84.1 cm³/mol. The quantitative estimate of drug-likeness (QED) is 0.702. The highest BCUT2D eigenvalue weighted by atomic mass is 16.5. The van der Waals surface area contributed by atoms with Gasteiger partial charge in [-0.1, -0.05) is 36.8 Å². The molecule has 20 heavy (non-hydrogen) atoms. The van der Waals surface area contributed by atoms with Crippen LogP contribution in [0.2, 0.25) is 0 Å². The van der Waals surface area contributed by atoms with Gasteiger partial charge in [0.1, 0.15) is 0 Å². The Hall–Kier alpha value is -0.900. The van der Waals surface area contributed by atoms with Crippen molar-refractivity contribution in [2.75, 3.05) is 26.9 Å². The van der Waals surface area contributed by atoms with Crippen molar-refractivity contribution < 1.29 is 9.47 Å². The molecule has 0 bridgehead atoms. The lowest BCUT2D eigenvalue weighted by atomic mass is 10.0. The fraction of sp³-hybridized carbons (Fsp3) is 0.647. The Labute approximate surface area is 123 Å². The van der Waals surface area contributed by atoms with Crippen LogP contribution >= 0.6 is 0 Å². The fourth-order valence-electron chi connectivity index (χ4n) is 2.03. The first-order chi connectivity index (χ1) is 9.48. The molecule has 1 N–H and O–H groups in total. The summed E-state index contributed by atoms with van der Waals surface area (Å²) >= 11 is 0. The van der Waals surface area contributed by atoms with Crippen molar-refractivity contribution >= 4 is 0 Å². The van der Waals surface area contributed by atoms with E-state index in [9.17, 15) is 0 Å². The maximum Gasteiger partial charge on any atom is 0.0661 e. The van der Waals surface area contributed by atoms with Crippen LogP contribution in [-0.4, -0.2) is 32.5 Å². The summed E-state index contributed by atoms with van der Waals surface area (Å²) in [7, 11) is 1.74. The van der Waals surface area contributed by atoms with Crippen molar-refractivity contribution in [3.63, 3.8) is 0 Å². The van der Waals surface area contributed by atoms with Gasteiger partial charge in [-0.15, -0.1) is 0 Å². The monoisotopic (exact) mass is 279 g/mol. The zero-order chi connectivity index (χ0) is 15.0. The van der Waals surface area contributed by atoms with Gasteiger partial charge in [0, 0.05) is 13.7 Å². The minimum absolute atomic E-state index is 0.114. The zero-order valence-corrected chi connectivity index (χ0v) is 13.5. The van der Waals surface area contributed by atoms with Gasteiger partial charge in [0.25, 0.3) is 0 Å². The maximum atomic E-state index is 5.84. The van der Waals surface area contributed by atoms with E-state index in [4.69, 9.17) is 9.47 Å². The molecule has 0 aromatic heterocycles. The van der Waals surface area contributed by atoms with E-state index >= 15 is 0 Å². The zero-order valence-electron chi connectivity index (χ0n) is 13.5. The highest BCUT2D eigenvalue weighted by Gasteiger charge is 2.16. The van der Waals surface area contributed by atoms with Crippen LogP contribution in [0.5, 0.6) is 0 Å². The van der Waals surface area contributed by atoms with Crippen molar-refractivity contribution in [3.8, 4) is 0 Å². The number of hydrogen-bond donors (Lipinski definition) is 1. The third-order valence-electron chi connectivity index (χ3n) is 3.58. The highest BCUT2D eigenvalue weighted by molar-refractivity contribution is 5.25. The Morgan fingerprint density at radius 2 is 2.05 bits per heavy atom. The van der Waals surface area contributed by atoms with Crippen LogP contribution in [0.4, 0.5) is 0 Å². The molecule has 1 aromatic carbocycles. The molecule has 1 unspecified atom stereocenters. The Bertz CT molecular complexity index is 390. The molecule has 0 aliphatic rings. The normalized spacial score (nSPS) is 13.4. The van der Waals surface area contributed by atoms with Crippen molar-refractivity contribution in [2.45, 2.75) is 45.8 Å². The van der Waals surface area contributed by atoms with E-state index < -0.39 is 0 Å². The predicted octanol–water partition coefficient (Wildman–Crippen LogP) is 3.48. The molecule has 0 aliphatic carbocycles. The van der Waals surface area contributed by atoms with E-state index in [-0.39, 0.29) is 11.6 Å². The lowest BCUT2D eigenvalue weighted by Gasteiger charge is -2.24. The molecule has 114 valence electrons. The number of aryl methyl sites for hydroxylation is 1. The van der Waals surface area contributed by atoms with Crippen LogP contribution in [0.15, 0.2) is 24.3 Å². The van der Waals surface area contributed by atoms with Gasteiger partial charge in [-0.3, -0.25) is 0 Å². The summed E-state index contributed by atoms with van der Waals surface area (Å²) in [6, 6.07) is 8.85. The number of rotatable bonds is 9. The molecule has 0 saturated heterocycles. The van der Waals surface area contributed by atoms with Gasteiger partial charge in [0.05, 0.1) is 18.2 Å². The Kier molecular flexibility index (Phi) is 7.20. The van der Waals surface area contributed by atoms with E-state index in [0.717, 1.165) is 13.0 Å². The molecule has 3 heteroatoms. The van der Waals surface area contributed by atoms with Crippen LogP contribution in [0.3, 0.4) is 0 Å². The molecule has 1 aromatic rings. The van der Waals surface area contributed by atoms with Crippen LogP contribution in [0.25, 0.3) is 0 Å². The molecule has 0 heterocycles. The third kappa shape index (κ3) is 6.04. The molecule has 0 spiro atoms. The van der Waals surface area contributed by atoms with Gasteiger partial charge < -0.3 is 14.8 Å². The Balaban J connectivity index is 2.48. The Morgan fingerprint density at radius 3 is 2.65 bits per heavy atom. The number of benzene rings is 1. The van der Waals surface area contributed by atoms with Crippen LogP contribution in [0, 0.1) is 6.92 Å². The summed E-state index contributed by atoms with van der Waals surface area (Å²) in [4.78, 5) is 0. The van der Waals surface area contributed by atoms with E-state index in [2.05, 4.69) is 57.3 Å². The van der Waals surface area contributed by atoms with E-state index in [1.54, 1.807) is 7.11 Å². The number of methoxy groups -OCH3 is 1. The van der Waals surface area contributed by atoms with Gasteiger partial charge >= 0.3 is 0 Å². The summed E-state index contributed by atoms with van der Waals surface area (Å²) in [5.41, 5.74) is 2.46. The number of ether oxygens (including phenoxy) is 2. The topological polar surface area (TPSA) is 30.5 Å². The van der Waals surface area contributed by atoms with E-state index in [1.165, 1.54) is 11.1 Å². The second-order valence-corrected chi connectivity index (χ2v) is 5.81. The van der Waals surface area contributed by atoms with Crippen molar-refractivity contribution in [3.05, 3.63) is 35.4 Å². The van der Waals surface area contributed by atoms with Crippen LogP contribution < -0.4 is 5.32 Å². The van der Waals surface area contributed by atoms with Gasteiger partial charge in [0.15, 0.2) is 0 Å². The Morgan fingerprint density at radius 1 is 1.30 bits per heavy atom. The van der Waals surface area contributed by atoms with Crippen LogP contribution in [-0.2, 0) is 9.47 Å². The second kappa shape index (κ2) is 8.40. The molecule has 0 saturated carbocycles. The lowest BCUT2D eigenvalue weighted by Crippen LogP contribution is -2.28. The summed E-state index contributed by atoms with van der Waals surface area (Å²) in [6.07, 6.45) is 0.899. The molecule has 0 amide bonds. The summed E-state index contributed by atoms with van der Waals surface area (Å²) in [6.45, 7) is 10.7. The summed E-state index contributed by atoms with van der Waals surface area (Å²) in [5, 5.41) is 3.48. The fourth-order valence-corrected chi connectivity index (χ4v) is 2.03. The lowest BCUT2D eigenvalue weighted by molar-refractivity contribution is -0.0124. The van der Waals surface area contributed by atoms with Crippen molar-refractivity contribution in [1.29, 1.82) is 0 Å². The highest BCUT2D eigenvalue weighted by Crippen LogP contribution is 2.17. The molecular weight excluding hydrogens is 250 g/mol. The molecule has 1 rings (SSSR count). The standard InChI is InChI=1S/C17H29NO2/c1-6-18-16(15-9-7-8-14(2)12-15)13-20-11-10-17(3,4)19-5/h7-9,12,16,18H,6,10-11,13H2,1-5H3. The first-order valence-corrected chi connectivity index (χ1v) is 7.41. The van der Waals surface area contributed by atoms with Gasteiger partial charge in [0.2, 0.25) is 0 Å². The molecular formula is C17H29NO2. The van der Waals surface area contributed by atoms with Gasteiger partial charge in [-0.2, -0.15) is 0 Å². The van der Waals surface area contributed by atoms with Gasteiger partial charge in [-0.25, -0.2) is 0 Å². The average molecular weight is 279 g/mol. The molecule has 0 fully saturated rings. The minimum atomic E-state index is -0.114. The van der Waals surface area contributed by atoms with Crippen molar-refractivity contribution in [1.82, 2.24) is 5.32 Å². The largest absolute Gasteiger partial charge is 0.379 e. The van der Waals surface area contributed by atoms with E-state index in [0.29, 0.717) is 13.2 Å². The number of hydrogen-bond acceptors (Lipinski definition) is 3. The second-order valence-electron chi connectivity index (χ2n) is 5.81. The average Bonchev–Trinajstić information content (AvgIpc) is 2.42.